The Morgan fingerprint density at radius 3 is 2.18 bits per heavy atom. The molecule has 0 aliphatic rings. The monoisotopic (exact) mass is 254 g/mol. The van der Waals surface area contributed by atoms with E-state index < -0.39 is 14.2 Å². The summed E-state index contributed by atoms with van der Waals surface area (Å²) < 4.78 is 10.4. The van der Waals surface area contributed by atoms with Crippen LogP contribution in [0.1, 0.15) is 11.7 Å². The molecule has 0 aliphatic carbocycles. The van der Waals surface area contributed by atoms with E-state index in [1.54, 1.807) is 14.2 Å². The fraction of sp³-hybridized carbons (Fsp3) is 0.538. The minimum Gasteiger partial charge on any atom is -0.493 e. The third-order valence-corrected chi connectivity index (χ3v) is 4.21. The van der Waals surface area contributed by atoms with Gasteiger partial charge in [0, 0.05) is 8.07 Å². The topological polar surface area (TPSA) is 38.7 Å². The van der Waals surface area contributed by atoms with Gasteiger partial charge in [0.2, 0.25) is 0 Å². The maximum absolute atomic E-state index is 10.2. The van der Waals surface area contributed by atoms with Crippen molar-refractivity contribution in [3.63, 3.8) is 0 Å². The summed E-state index contributed by atoms with van der Waals surface area (Å²) in [6, 6.07) is 6.43. The summed E-state index contributed by atoms with van der Waals surface area (Å²) in [4.78, 5) is 0. The van der Waals surface area contributed by atoms with E-state index in [9.17, 15) is 5.11 Å². The summed E-state index contributed by atoms with van der Waals surface area (Å²) in [5.74, 6) is 1.36. The molecule has 4 heteroatoms. The Hall–Kier alpha value is -1.00. The molecule has 0 saturated heterocycles. The lowest BCUT2D eigenvalue weighted by atomic mass is 10.1. The number of aliphatic hydroxyl groups excluding tert-OH is 1. The van der Waals surface area contributed by atoms with Crippen LogP contribution in [-0.4, -0.2) is 27.4 Å². The molecule has 0 saturated carbocycles. The van der Waals surface area contributed by atoms with Gasteiger partial charge in [-0.05, 0) is 23.7 Å². The number of ether oxygens (including phenoxy) is 2. The van der Waals surface area contributed by atoms with Gasteiger partial charge in [-0.15, -0.1) is 0 Å². The molecule has 0 radical (unpaired) electrons. The maximum atomic E-state index is 10.2. The van der Waals surface area contributed by atoms with E-state index >= 15 is 0 Å². The molecule has 0 bridgehead atoms. The molecule has 1 aromatic rings. The van der Waals surface area contributed by atoms with Gasteiger partial charge in [-0.3, -0.25) is 0 Å². The Morgan fingerprint density at radius 2 is 1.71 bits per heavy atom. The Labute approximate surface area is 104 Å². The average Bonchev–Trinajstić information content (AvgIpc) is 2.25. The summed E-state index contributed by atoms with van der Waals surface area (Å²) in [5.41, 5.74) is 0.894. The van der Waals surface area contributed by atoms with Crippen molar-refractivity contribution in [3.05, 3.63) is 23.8 Å². The van der Waals surface area contributed by atoms with Gasteiger partial charge in [-0.2, -0.15) is 0 Å². The molecule has 1 rings (SSSR count). The lowest BCUT2D eigenvalue weighted by Crippen LogP contribution is -2.22. The Bertz CT molecular complexity index is 371. The zero-order valence-electron chi connectivity index (χ0n) is 11.3. The fourth-order valence-electron chi connectivity index (χ4n) is 1.76. The molecule has 0 amide bonds. The second-order valence-corrected chi connectivity index (χ2v) is 10.9. The number of methoxy groups -OCH3 is 2. The summed E-state index contributed by atoms with van der Waals surface area (Å²) in [6.45, 7) is 6.74. The second-order valence-electron chi connectivity index (χ2n) is 5.40. The van der Waals surface area contributed by atoms with Gasteiger partial charge in [0.15, 0.2) is 11.5 Å². The largest absolute Gasteiger partial charge is 0.493 e. The van der Waals surface area contributed by atoms with Gasteiger partial charge < -0.3 is 14.6 Å². The highest BCUT2D eigenvalue weighted by Crippen LogP contribution is 2.32. The van der Waals surface area contributed by atoms with Gasteiger partial charge in [0.05, 0.1) is 20.3 Å². The maximum Gasteiger partial charge on any atom is 0.161 e. The SMILES string of the molecule is COc1ccc(C(O)C[Si](C)(C)C)cc1OC. The highest BCUT2D eigenvalue weighted by atomic mass is 28.3. The third kappa shape index (κ3) is 4.05. The smallest absolute Gasteiger partial charge is 0.161 e. The van der Waals surface area contributed by atoms with Crippen LogP contribution >= 0.6 is 0 Å². The summed E-state index contributed by atoms with van der Waals surface area (Å²) >= 11 is 0. The van der Waals surface area contributed by atoms with Crippen molar-refractivity contribution >= 4 is 8.07 Å². The van der Waals surface area contributed by atoms with Crippen molar-refractivity contribution in [2.75, 3.05) is 14.2 Å². The number of hydrogen-bond donors (Lipinski definition) is 1. The normalized spacial score (nSPS) is 13.3. The van der Waals surface area contributed by atoms with Crippen LogP contribution in [0.15, 0.2) is 18.2 Å². The van der Waals surface area contributed by atoms with Gasteiger partial charge in [0.25, 0.3) is 0 Å². The third-order valence-electron chi connectivity index (χ3n) is 2.60. The molecule has 1 aromatic carbocycles. The molecule has 1 atom stereocenters. The lowest BCUT2D eigenvalue weighted by Gasteiger charge is -2.21. The van der Waals surface area contributed by atoms with Gasteiger partial charge >= 0.3 is 0 Å². The molecule has 0 fully saturated rings. The second kappa shape index (κ2) is 5.56. The fourth-order valence-corrected chi connectivity index (χ4v) is 3.15. The molecular formula is C13H22O3Si. The molecule has 3 nitrogen and oxygen atoms in total. The van der Waals surface area contributed by atoms with Crippen molar-refractivity contribution in [2.24, 2.45) is 0 Å². The first kappa shape index (κ1) is 14.1. The van der Waals surface area contributed by atoms with E-state index in [1.165, 1.54) is 0 Å². The zero-order chi connectivity index (χ0) is 13.1. The highest BCUT2D eigenvalue weighted by molar-refractivity contribution is 6.76. The number of aliphatic hydroxyl groups is 1. The van der Waals surface area contributed by atoms with Gasteiger partial charge in [-0.25, -0.2) is 0 Å². The molecule has 1 N–H and O–H groups in total. The van der Waals surface area contributed by atoms with E-state index in [-0.39, 0.29) is 0 Å². The van der Waals surface area contributed by atoms with Crippen molar-refractivity contribution < 1.29 is 14.6 Å². The van der Waals surface area contributed by atoms with Gasteiger partial charge in [-0.1, -0.05) is 25.7 Å². The van der Waals surface area contributed by atoms with Crippen LogP contribution < -0.4 is 9.47 Å². The summed E-state index contributed by atoms with van der Waals surface area (Å²) in [7, 11) is 1.94. The summed E-state index contributed by atoms with van der Waals surface area (Å²) in [6.07, 6.45) is -0.415. The number of benzene rings is 1. The van der Waals surface area contributed by atoms with Crippen LogP contribution in [0.3, 0.4) is 0 Å². The molecule has 1 unspecified atom stereocenters. The van der Waals surface area contributed by atoms with Crippen molar-refractivity contribution in [1.82, 2.24) is 0 Å². The van der Waals surface area contributed by atoms with Crippen molar-refractivity contribution in [1.29, 1.82) is 0 Å². The Kier molecular flexibility index (Phi) is 4.59. The molecule has 17 heavy (non-hydrogen) atoms. The molecule has 96 valence electrons. The Morgan fingerprint density at radius 1 is 1.12 bits per heavy atom. The van der Waals surface area contributed by atoms with Crippen LogP contribution in [0.2, 0.25) is 25.7 Å². The van der Waals surface area contributed by atoms with E-state index in [1.807, 2.05) is 18.2 Å². The average molecular weight is 254 g/mol. The summed E-state index contributed by atoms with van der Waals surface area (Å²) in [5, 5.41) is 10.2. The molecule has 0 aromatic heterocycles. The molecule has 0 spiro atoms. The predicted octanol–water partition coefficient (Wildman–Crippen LogP) is 3.08. The first-order chi connectivity index (χ1) is 7.87. The Balaban J connectivity index is 2.92. The quantitative estimate of drug-likeness (QED) is 0.821. The van der Waals surface area contributed by atoms with E-state index in [0.717, 1.165) is 11.6 Å². The van der Waals surface area contributed by atoms with Crippen LogP contribution in [0, 0.1) is 0 Å². The van der Waals surface area contributed by atoms with Crippen molar-refractivity contribution in [3.8, 4) is 11.5 Å². The van der Waals surface area contributed by atoms with Crippen molar-refractivity contribution in [2.45, 2.75) is 31.8 Å². The zero-order valence-corrected chi connectivity index (χ0v) is 12.3. The molecular weight excluding hydrogens is 232 g/mol. The minimum atomic E-state index is -1.27. The van der Waals surface area contributed by atoms with E-state index in [4.69, 9.17) is 9.47 Å². The standard InChI is InChI=1S/C13H22O3Si/c1-15-12-7-6-10(8-13(12)16-2)11(14)9-17(3,4)5/h6-8,11,14H,9H2,1-5H3. The van der Waals surface area contributed by atoms with Crippen LogP contribution in [-0.2, 0) is 0 Å². The van der Waals surface area contributed by atoms with Crippen LogP contribution in [0.25, 0.3) is 0 Å². The van der Waals surface area contributed by atoms with Crippen LogP contribution in [0.4, 0.5) is 0 Å². The molecule has 0 aliphatic heterocycles. The minimum absolute atomic E-state index is 0.415. The first-order valence-electron chi connectivity index (χ1n) is 5.77. The lowest BCUT2D eigenvalue weighted by molar-refractivity contribution is 0.196. The van der Waals surface area contributed by atoms with Gasteiger partial charge in [0.1, 0.15) is 0 Å². The highest BCUT2D eigenvalue weighted by Gasteiger charge is 2.20. The number of hydrogen-bond acceptors (Lipinski definition) is 3. The predicted molar refractivity (Wildman–Crippen MR) is 72.7 cm³/mol. The first-order valence-corrected chi connectivity index (χ1v) is 9.48. The molecule has 0 heterocycles. The van der Waals surface area contributed by atoms with E-state index in [2.05, 4.69) is 19.6 Å². The van der Waals surface area contributed by atoms with Crippen LogP contribution in [0.5, 0.6) is 11.5 Å². The number of rotatable bonds is 5. The van der Waals surface area contributed by atoms with E-state index in [0.29, 0.717) is 11.5 Å².